The van der Waals surface area contributed by atoms with Crippen molar-refractivity contribution in [2.75, 3.05) is 32.2 Å². The molecule has 1 atom stereocenters. The number of allylic oxidation sites excluding steroid dienone is 2. The quantitative estimate of drug-likeness (QED) is 0.0897. The second-order valence-corrected chi connectivity index (χ2v) is 12.3. The van der Waals surface area contributed by atoms with E-state index in [0.717, 1.165) is 22.9 Å². The van der Waals surface area contributed by atoms with Crippen LogP contribution in [0.3, 0.4) is 0 Å². The monoisotopic (exact) mass is 835 g/mol. The number of Topliss-reactive ketones (excluding diaryl/α,β-unsaturated/α-hetero) is 1. The van der Waals surface area contributed by atoms with Gasteiger partial charge in [-0.1, -0.05) is 27.7 Å². The van der Waals surface area contributed by atoms with Crippen molar-refractivity contribution in [1.29, 1.82) is 0 Å². The summed E-state index contributed by atoms with van der Waals surface area (Å²) in [7, 11) is -0.904. The van der Waals surface area contributed by atoms with Gasteiger partial charge in [0.05, 0.1) is 24.6 Å². The van der Waals surface area contributed by atoms with E-state index < -0.39 is 46.1 Å². The van der Waals surface area contributed by atoms with Crippen LogP contribution in [0.4, 0.5) is 21.0 Å². The van der Waals surface area contributed by atoms with E-state index >= 15 is 0 Å². The number of aromatic amines is 1. The summed E-state index contributed by atoms with van der Waals surface area (Å²) in [5.41, 5.74) is 3.25. The first-order valence-corrected chi connectivity index (χ1v) is 17.4. The molecule has 0 spiro atoms. The molecule has 0 amide bonds. The molecule has 0 fully saturated rings. The molecule has 0 saturated carbocycles. The summed E-state index contributed by atoms with van der Waals surface area (Å²) in [6.07, 6.45) is -0.912. The summed E-state index contributed by atoms with van der Waals surface area (Å²) >= 11 is 12.0. The van der Waals surface area contributed by atoms with Crippen LogP contribution in [0.2, 0.25) is 10.0 Å². The fraction of sp³-hybridized carbons (Fsp3) is 0.303. The van der Waals surface area contributed by atoms with Crippen molar-refractivity contribution in [3.8, 4) is 11.3 Å². The van der Waals surface area contributed by atoms with Crippen LogP contribution < -0.4 is 40.0 Å². The zero-order valence-corrected chi connectivity index (χ0v) is 35.3. The van der Waals surface area contributed by atoms with Crippen LogP contribution in [0.1, 0.15) is 33.3 Å². The minimum absolute atomic E-state index is 0. The number of halogens is 2. The van der Waals surface area contributed by atoms with Crippen LogP contribution in [0, 0.1) is 12.8 Å². The fourth-order valence-electron chi connectivity index (χ4n) is 3.59. The number of carbonyl (C=O) groups excluding carboxylic acids is 5. The Morgan fingerprint density at radius 2 is 1.47 bits per heavy atom. The number of anilines is 1. The van der Waals surface area contributed by atoms with Crippen LogP contribution in [0.15, 0.2) is 74.8 Å². The van der Waals surface area contributed by atoms with Crippen molar-refractivity contribution in [3.05, 3.63) is 86.3 Å². The Morgan fingerprint density at radius 3 is 1.87 bits per heavy atom. The zero-order chi connectivity index (χ0) is 41.2. The van der Waals surface area contributed by atoms with Crippen molar-refractivity contribution in [2.45, 2.75) is 34.6 Å². The standard InChI is InChI=1S/C11H8Cl2N2O.C8H11N3O3S.C8H8O4.C6H10O5.Na/c1-6-8(12)4-7(5-9(6)13)10-2-3-11(16)15-14-10;1-11(2)8-5-3-7(4-6-8)9-10-15(12,13)14;1-4-3-6(10)7(5(2)9)8(11)12-4;1-3-9-5(7)11-6(8)10-4-2;/h2-5H,1H3,(H,15,16);3-6H,1-2H3,(H,12,13,14);3,7H,1-2H3;3-4H2,1-2H3;/q;;;;+1/p-1. The molecule has 0 bridgehead atoms. The molecule has 3 aromatic rings. The molecule has 2 aromatic carbocycles. The Kier molecular flexibility index (Phi) is 22.8. The van der Waals surface area contributed by atoms with Gasteiger partial charge in [0.15, 0.2) is 17.5 Å². The van der Waals surface area contributed by atoms with Crippen molar-refractivity contribution in [2.24, 2.45) is 15.6 Å². The van der Waals surface area contributed by atoms with Gasteiger partial charge in [0, 0.05) is 47.5 Å². The topological polar surface area (TPSA) is 253 Å². The molecule has 4 rings (SSSR count). The Morgan fingerprint density at radius 1 is 0.945 bits per heavy atom. The summed E-state index contributed by atoms with van der Waals surface area (Å²) in [6.45, 7) is 8.06. The van der Waals surface area contributed by atoms with Crippen LogP contribution >= 0.6 is 23.2 Å². The third kappa shape index (κ3) is 19.6. The predicted octanol–water partition coefficient (Wildman–Crippen LogP) is 2.89. The first kappa shape index (κ1) is 50.5. The van der Waals surface area contributed by atoms with E-state index in [4.69, 9.17) is 23.2 Å². The maximum Gasteiger partial charge on any atom is 1.00 e. The number of benzene rings is 2. The summed E-state index contributed by atoms with van der Waals surface area (Å²) in [5.74, 6) is -2.74. The molecular weight excluding hydrogens is 800 g/mol. The van der Waals surface area contributed by atoms with Crippen molar-refractivity contribution in [3.63, 3.8) is 0 Å². The molecule has 292 valence electrons. The van der Waals surface area contributed by atoms with Crippen LogP contribution in [-0.2, 0) is 43.6 Å². The average Bonchev–Trinajstić information content (AvgIpc) is 3.06. The van der Waals surface area contributed by atoms with E-state index in [2.05, 4.69) is 38.8 Å². The SMILES string of the molecule is CC(=O)C1C(=O)C=C(C)OC1=O.CCOC(=O)OC(=O)OCC.CN(C)c1ccc(N=NS(=O)(=O)[O-])cc1.Cc1c(Cl)cc(-c2ccc(=O)[nH]n2)cc1Cl.[Na+]. The number of ether oxygens (including phenoxy) is 4. The normalized spacial score (nSPS) is 13.1. The predicted molar refractivity (Wildman–Crippen MR) is 194 cm³/mol. The van der Waals surface area contributed by atoms with Gasteiger partial charge in [0.1, 0.15) is 5.76 Å². The molecule has 1 unspecified atom stereocenters. The number of esters is 1. The largest absolute Gasteiger partial charge is 1.00 e. The van der Waals surface area contributed by atoms with Crippen LogP contribution in [-0.4, -0.2) is 80.3 Å². The number of hydrogen-bond donors (Lipinski definition) is 1. The Bertz CT molecular complexity index is 1980. The zero-order valence-electron chi connectivity index (χ0n) is 30.9. The van der Waals surface area contributed by atoms with Gasteiger partial charge in [-0.15, -0.1) is 5.11 Å². The van der Waals surface area contributed by atoms with Gasteiger partial charge in [0.25, 0.3) is 5.56 Å². The Balaban J connectivity index is 0.000000711. The molecule has 2 heterocycles. The summed E-state index contributed by atoms with van der Waals surface area (Å²) in [6, 6.07) is 13.2. The molecule has 55 heavy (non-hydrogen) atoms. The van der Waals surface area contributed by atoms with Crippen molar-refractivity contribution < 1.29 is 85.4 Å². The number of ketones is 2. The molecule has 0 aliphatic carbocycles. The summed E-state index contributed by atoms with van der Waals surface area (Å²) in [4.78, 5) is 66.3. The van der Waals surface area contributed by atoms with Crippen LogP contribution in [0.25, 0.3) is 11.3 Å². The second-order valence-electron chi connectivity index (χ2n) is 10.5. The van der Waals surface area contributed by atoms with E-state index in [1.54, 1.807) is 56.3 Å². The fourth-order valence-corrected chi connectivity index (χ4v) is 4.27. The van der Waals surface area contributed by atoms with Crippen molar-refractivity contribution >= 4 is 74.7 Å². The van der Waals surface area contributed by atoms with Gasteiger partial charge in [0.2, 0.25) is 10.3 Å². The molecule has 18 nitrogen and oxygen atoms in total. The number of nitrogens with zero attached hydrogens (tertiary/aromatic N) is 4. The number of aromatic nitrogens is 2. The van der Waals surface area contributed by atoms with E-state index in [-0.39, 0.29) is 54.1 Å². The Hall–Kier alpha value is -4.50. The number of carbonyl (C=O) groups is 5. The van der Waals surface area contributed by atoms with Gasteiger partial charge in [-0.2, -0.15) is 5.10 Å². The van der Waals surface area contributed by atoms with E-state index in [0.29, 0.717) is 21.4 Å². The average molecular weight is 837 g/mol. The van der Waals surface area contributed by atoms with Crippen LogP contribution in [0.5, 0.6) is 0 Å². The van der Waals surface area contributed by atoms with E-state index in [1.807, 2.05) is 25.9 Å². The smallest absolute Gasteiger partial charge is 0.728 e. The first-order valence-electron chi connectivity index (χ1n) is 15.3. The molecule has 1 aromatic heterocycles. The summed E-state index contributed by atoms with van der Waals surface area (Å²) < 4.78 is 50.3. The van der Waals surface area contributed by atoms with Gasteiger partial charge in [-0.25, -0.2) is 23.1 Å². The van der Waals surface area contributed by atoms with Gasteiger partial charge < -0.3 is 28.4 Å². The van der Waals surface area contributed by atoms with E-state index in [1.165, 1.54) is 19.9 Å². The number of rotatable bonds is 7. The molecule has 0 radical (unpaired) electrons. The minimum Gasteiger partial charge on any atom is -0.728 e. The van der Waals surface area contributed by atoms with Crippen molar-refractivity contribution in [1.82, 2.24) is 10.2 Å². The molecule has 0 saturated heterocycles. The second kappa shape index (κ2) is 24.8. The third-order valence-electron chi connectivity index (χ3n) is 6.10. The maximum atomic E-state index is 11.1. The minimum atomic E-state index is -4.65. The maximum absolute atomic E-state index is 11.1. The third-order valence-corrected chi connectivity index (χ3v) is 7.17. The molecule has 1 aliphatic rings. The summed E-state index contributed by atoms with van der Waals surface area (Å²) in [5, 5.41) is 10.7. The number of hydrogen-bond acceptors (Lipinski definition) is 16. The number of nitrogens with one attached hydrogen (secondary N) is 1. The van der Waals surface area contributed by atoms with Gasteiger partial charge >= 0.3 is 47.8 Å². The molecule has 1 N–H and O–H groups in total. The molecular formula is C33H36Cl2N5NaO13S. The van der Waals surface area contributed by atoms with Gasteiger partial charge in [-0.3, -0.25) is 19.2 Å². The first-order chi connectivity index (χ1) is 25.2. The Labute approximate surface area is 348 Å². The molecule has 1 aliphatic heterocycles. The van der Waals surface area contributed by atoms with Gasteiger partial charge in [-0.05, 0) is 82.6 Å². The molecule has 22 heteroatoms. The van der Waals surface area contributed by atoms with E-state index in [9.17, 15) is 41.7 Å². The number of cyclic esters (lactones) is 1. The number of H-pyrrole nitrogens is 1.